The van der Waals surface area contributed by atoms with E-state index in [1.54, 1.807) is 13.1 Å². The number of aromatic nitrogens is 7. The number of anilines is 1. The maximum atomic E-state index is 14.1. The Morgan fingerprint density at radius 1 is 1.02 bits per heavy atom. The van der Waals surface area contributed by atoms with Crippen LogP contribution in [0.25, 0.3) is 22.7 Å². The zero-order valence-electron chi connectivity index (χ0n) is 23.0. The molecule has 0 spiro atoms. The van der Waals surface area contributed by atoms with Crippen molar-refractivity contribution >= 4 is 28.7 Å². The number of alkyl halides is 3. The minimum absolute atomic E-state index is 0.155. The molecule has 1 saturated heterocycles. The van der Waals surface area contributed by atoms with Crippen LogP contribution in [0.1, 0.15) is 30.2 Å². The zero-order valence-corrected chi connectivity index (χ0v) is 23.0. The van der Waals surface area contributed by atoms with Gasteiger partial charge in [0, 0.05) is 45.0 Å². The van der Waals surface area contributed by atoms with Crippen molar-refractivity contribution in [2.75, 3.05) is 31.5 Å². The van der Waals surface area contributed by atoms with Gasteiger partial charge in [-0.2, -0.15) is 18.0 Å². The molecule has 43 heavy (non-hydrogen) atoms. The van der Waals surface area contributed by atoms with Crippen molar-refractivity contribution < 1.29 is 27.2 Å². The fourth-order valence-electron chi connectivity index (χ4n) is 5.04. The normalized spacial score (nSPS) is 15.1. The van der Waals surface area contributed by atoms with Crippen LogP contribution >= 0.6 is 0 Å². The highest BCUT2D eigenvalue weighted by molar-refractivity contribution is 5.91. The summed E-state index contributed by atoms with van der Waals surface area (Å²) in [5.74, 6) is -1.40. The van der Waals surface area contributed by atoms with E-state index in [-0.39, 0.29) is 42.2 Å². The SMILES string of the molecule is CC(=O)Nc1ccc2oc(-c3cn(C(=O)N4CCN(C(c5ccccc5)c5nnn(C)n5)CC4)c(C(F)(F)F)n3)nc2c1. The number of carbonyl (C=O) groups is 2. The summed E-state index contributed by atoms with van der Waals surface area (Å²) in [6, 6.07) is 13.0. The quantitative estimate of drug-likeness (QED) is 0.323. The number of nitrogens with one attached hydrogen (secondary N) is 1. The van der Waals surface area contributed by atoms with Gasteiger partial charge in [-0.05, 0) is 29.0 Å². The fraction of sp³-hybridized carbons (Fsp3) is 0.296. The molecule has 1 unspecified atom stereocenters. The Kier molecular flexibility index (Phi) is 7.13. The van der Waals surface area contributed by atoms with E-state index in [1.165, 1.54) is 28.8 Å². The zero-order chi connectivity index (χ0) is 30.3. The molecule has 16 heteroatoms. The van der Waals surface area contributed by atoms with E-state index in [0.717, 1.165) is 11.8 Å². The number of benzene rings is 2. The number of halogens is 3. The van der Waals surface area contributed by atoms with E-state index >= 15 is 0 Å². The average molecular weight is 595 g/mol. The Morgan fingerprint density at radius 3 is 2.42 bits per heavy atom. The standard InChI is InChI=1S/C27H25F3N10O3/c1-16(41)31-18-8-9-21-19(14-18)32-24(43-21)20-15-40(25(33-20)27(28,29)30)26(42)39-12-10-38(11-13-39)22(17-6-4-3-5-7-17)23-34-36-37(2)35-23/h3-9,14-15,22H,10-13H2,1-2H3,(H,31,41). The molecule has 1 aliphatic rings. The highest BCUT2D eigenvalue weighted by Crippen LogP contribution is 2.33. The van der Waals surface area contributed by atoms with Gasteiger partial charge in [-0.3, -0.25) is 9.69 Å². The maximum absolute atomic E-state index is 14.1. The van der Waals surface area contributed by atoms with Gasteiger partial charge in [0.2, 0.25) is 17.6 Å². The summed E-state index contributed by atoms with van der Waals surface area (Å²) in [7, 11) is 1.66. The number of nitrogens with zero attached hydrogens (tertiary/aromatic N) is 9. The molecule has 4 heterocycles. The molecule has 13 nitrogen and oxygen atoms in total. The summed E-state index contributed by atoms with van der Waals surface area (Å²) in [5, 5.41) is 15.1. The number of carbonyl (C=O) groups excluding carboxylic acids is 2. The highest BCUT2D eigenvalue weighted by atomic mass is 19.4. The molecule has 1 atom stereocenters. The van der Waals surface area contributed by atoms with Crippen LogP contribution in [0.2, 0.25) is 0 Å². The number of rotatable bonds is 5. The Bertz CT molecular complexity index is 1790. The third-order valence-corrected chi connectivity index (χ3v) is 6.93. The molecule has 0 bridgehead atoms. The molecule has 1 aliphatic heterocycles. The molecule has 2 aromatic carbocycles. The van der Waals surface area contributed by atoms with Crippen molar-refractivity contribution in [1.29, 1.82) is 0 Å². The van der Waals surface area contributed by atoms with Crippen molar-refractivity contribution in [1.82, 2.24) is 44.5 Å². The number of piperazine rings is 1. The topological polar surface area (TPSA) is 140 Å². The first-order chi connectivity index (χ1) is 20.6. The van der Waals surface area contributed by atoms with E-state index in [0.29, 0.717) is 34.7 Å². The molecule has 222 valence electrons. The summed E-state index contributed by atoms with van der Waals surface area (Å²) < 4.78 is 48.3. The number of hydrogen-bond acceptors (Lipinski definition) is 9. The third-order valence-electron chi connectivity index (χ3n) is 6.93. The number of oxazole rings is 1. The molecule has 0 radical (unpaired) electrons. The minimum Gasteiger partial charge on any atom is -0.435 e. The van der Waals surface area contributed by atoms with Gasteiger partial charge in [-0.1, -0.05) is 30.3 Å². The van der Waals surface area contributed by atoms with Gasteiger partial charge in [-0.15, -0.1) is 10.2 Å². The van der Waals surface area contributed by atoms with Crippen molar-refractivity contribution in [3.63, 3.8) is 0 Å². The van der Waals surface area contributed by atoms with Crippen LogP contribution < -0.4 is 5.32 Å². The summed E-state index contributed by atoms with van der Waals surface area (Å²) in [6.07, 6.45) is -3.94. The number of imidazole rings is 1. The maximum Gasteiger partial charge on any atom is 0.450 e. The lowest BCUT2D eigenvalue weighted by Crippen LogP contribution is -2.51. The van der Waals surface area contributed by atoms with Crippen LogP contribution in [0.3, 0.4) is 0 Å². The van der Waals surface area contributed by atoms with Gasteiger partial charge in [0.25, 0.3) is 0 Å². The Balaban J connectivity index is 1.24. The first-order valence-electron chi connectivity index (χ1n) is 13.2. The molecule has 6 rings (SSSR count). The molecule has 1 fully saturated rings. The number of amides is 2. The lowest BCUT2D eigenvalue weighted by molar-refractivity contribution is -0.146. The monoisotopic (exact) mass is 594 g/mol. The van der Waals surface area contributed by atoms with Crippen molar-refractivity contribution in [3.8, 4) is 11.6 Å². The molecular weight excluding hydrogens is 569 g/mol. The average Bonchev–Trinajstić information content (AvgIpc) is 3.71. The Hall–Kier alpha value is -5.12. The Morgan fingerprint density at radius 2 is 1.77 bits per heavy atom. The largest absolute Gasteiger partial charge is 0.450 e. The number of tetrazole rings is 1. The van der Waals surface area contributed by atoms with E-state index in [4.69, 9.17) is 4.42 Å². The first kappa shape index (κ1) is 28.0. The summed E-state index contributed by atoms with van der Waals surface area (Å²) in [6.45, 7) is 2.37. The van der Waals surface area contributed by atoms with E-state index in [9.17, 15) is 22.8 Å². The molecular formula is C27H25F3N10O3. The molecule has 2 amide bonds. The minimum atomic E-state index is -4.92. The summed E-state index contributed by atoms with van der Waals surface area (Å²) in [5.41, 5.74) is 1.70. The third kappa shape index (κ3) is 5.68. The predicted molar refractivity (Wildman–Crippen MR) is 146 cm³/mol. The van der Waals surface area contributed by atoms with Gasteiger partial charge in [-0.25, -0.2) is 19.3 Å². The lowest BCUT2D eigenvalue weighted by Gasteiger charge is -2.38. The van der Waals surface area contributed by atoms with Crippen LogP contribution in [-0.4, -0.2) is 82.7 Å². The number of hydrogen-bond donors (Lipinski definition) is 1. The Labute approximate surface area is 241 Å². The number of fused-ring (bicyclic) bond motifs is 1. The van der Waals surface area contributed by atoms with E-state index in [2.05, 4.69) is 35.6 Å². The van der Waals surface area contributed by atoms with Crippen LogP contribution in [0.5, 0.6) is 0 Å². The first-order valence-corrected chi connectivity index (χ1v) is 13.2. The van der Waals surface area contributed by atoms with E-state index < -0.39 is 18.0 Å². The summed E-state index contributed by atoms with van der Waals surface area (Å²) >= 11 is 0. The fourth-order valence-corrected chi connectivity index (χ4v) is 5.04. The van der Waals surface area contributed by atoms with Gasteiger partial charge in [0.15, 0.2) is 11.4 Å². The highest BCUT2D eigenvalue weighted by Gasteiger charge is 2.41. The number of aryl methyl sites for hydroxylation is 1. The molecule has 0 aliphatic carbocycles. The van der Waals surface area contributed by atoms with Crippen LogP contribution in [0, 0.1) is 0 Å². The van der Waals surface area contributed by atoms with Crippen molar-refractivity contribution in [2.45, 2.75) is 19.1 Å². The molecule has 5 aromatic rings. The molecule has 1 N–H and O–H groups in total. The van der Waals surface area contributed by atoms with Gasteiger partial charge in [0.05, 0.1) is 13.1 Å². The van der Waals surface area contributed by atoms with Crippen LogP contribution in [-0.2, 0) is 18.0 Å². The van der Waals surface area contributed by atoms with E-state index in [1.807, 2.05) is 30.3 Å². The predicted octanol–water partition coefficient (Wildman–Crippen LogP) is 3.57. The van der Waals surface area contributed by atoms with Crippen molar-refractivity contribution in [3.05, 3.63) is 71.9 Å². The second kappa shape index (κ2) is 10.9. The van der Waals surface area contributed by atoms with Gasteiger partial charge in [0.1, 0.15) is 11.2 Å². The van der Waals surface area contributed by atoms with Gasteiger partial charge >= 0.3 is 12.2 Å². The molecule has 0 saturated carbocycles. The van der Waals surface area contributed by atoms with Crippen LogP contribution in [0.15, 0.2) is 59.1 Å². The second-order valence-electron chi connectivity index (χ2n) is 9.96. The molecule has 3 aromatic heterocycles. The summed E-state index contributed by atoms with van der Waals surface area (Å²) in [4.78, 5) is 37.5. The van der Waals surface area contributed by atoms with Gasteiger partial charge < -0.3 is 14.6 Å². The van der Waals surface area contributed by atoms with Crippen LogP contribution in [0.4, 0.5) is 23.7 Å². The van der Waals surface area contributed by atoms with Crippen molar-refractivity contribution in [2.24, 2.45) is 7.05 Å². The second-order valence-corrected chi connectivity index (χ2v) is 9.96. The lowest BCUT2D eigenvalue weighted by atomic mass is 10.0. The smallest absolute Gasteiger partial charge is 0.435 e.